The van der Waals surface area contributed by atoms with Gasteiger partial charge in [0.05, 0.1) is 25.0 Å². The second-order valence-electron chi connectivity index (χ2n) is 15.1. The summed E-state index contributed by atoms with van der Waals surface area (Å²) in [6, 6.07) is 5.67. The van der Waals surface area contributed by atoms with Crippen LogP contribution in [0, 0.1) is 5.92 Å². The van der Waals surface area contributed by atoms with Gasteiger partial charge >= 0.3 is 12.2 Å². The third-order valence-corrected chi connectivity index (χ3v) is 13.1. The van der Waals surface area contributed by atoms with Crippen molar-refractivity contribution in [3.8, 4) is 0 Å². The second-order valence-corrected chi connectivity index (χ2v) is 17.1. The molecule has 0 radical (unpaired) electrons. The lowest BCUT2D eigenvalue weighted by atomic mass is 10.0. The van der Waals surface area contributed by atoms with E-state index in [0.29, 0.717) is 77.7 Å². The first-order valence-corrected chi connectivity index (χ1v) is 20.5. The van der Waals surface area contributed by atoms with Crippen LogP contribution in [0.2, 0.25) is 0 Å². The molecule has 16 heteroatoms. The van der Waals surface area contributed by atoms with E-state index in [0.717, 1.165) is 24.0 Å². The third kappa shape index (κ3) is 8.64. The van der Waals surface area contributed by atoms with Crippen molar-refractivity contribution >= 4 is 39.9 Å². The normalized spacial score (nSPS) is 29.7. The van der Waals surface area contributed by atoms with E-state index in [1.807, 2.05) is 36.4 Å². The van der Waals surface area contributed by atoms with Crippen LogP contribution >= 0.6 is 0 Å². The van der Waals surface area contributed by atoms with Gasteiger partial charge < -0.3 is 34.6 Å². The summed E-state index contributed by atoms with van der Waals surface area (Å²) in [6.45, 7) is 1.64. The summed E-state index contributed by atoms with van der Waals surface area (Å²) in [5.74, 6) is -2.45. The highest BCUT2D eigenvalue weighted by molar-refractivity contribution is 7.91. The van der Waals surface area contributed by atoms with Crippen LogP contribution in [0.1, 0.15) is 81.8 Å². The highest BCUT2D eigenvalue weighted by Gasteiger charge is 2.62. The van der Waals surface area contributed by atoms with E-state index in [2.05, 4.69) is 15.4 Å². The van der Waals surface area contributed by atoms with Gasteiger partial charge in [-0.1, -0.05) is 49.3 Å². The Kier molecular flexibility index (Phi) is 11.0. The molecule has 5 atom stereocenters. The monoisotopic (exact) mass is 755 g/mol. The summed E-state index contributed by atoms with van der Waals surface area (Å²) < 4.78 is 44.7. The van der Waals surface area contributed by atoms with Crippen LogP contribution in [0.15, 0.2) is 36.4 Å². The van der Waals surface area contributed by atoms with E-state index in [1.165, 1.54) is 4.90 Å². The van der Waals surface area contributed by atoms with Gasteiger partial charge in [-0.2, -0.15) is 0 Å². The first kappa shape index (κ1) is 37.1. The number of alkyl carbamates (subject to hydrolysis) is 1. The molecule has 7 rings (SSSR count). The minimum atomic E-state index is -3.90. The fraction of sp³-hybridized carbons (Fsp3) is 0.649. The van der Waals surface area contributed by atoms with Crippen molar-refractivity contribution in [2.24, 2.45) is 5.92 Å². The summed E-state index contributed by atoms with van der Waals surface area (Å²) in [4.78, 5) is 71.8. The molecule has 0 spiro atoms. The zero-order valence-corrected chi connectivity index (χ0v) is 30.7. The molecule has 53 heavy (non-hydrogen) atoms. The molecule has 6 aliphatic rings. The number of nitrogens with zero attached hydrogens (tertiary/aromatic N) is 2. The van der Waals surface area contributed by atoms with Crippen molar-refractivity contribution in [1.82, 2.24) is 25.2 Å². The molecular weight excluding hydrogens is 706 g/mol. The van der Waals surface area contributed by atoms with Gasteiger partial charge in [-0.25, -0.2) is 18.0 Å². The van der Waals surface area contributed by atoms with Crippen molar-refractivity contribution in [2.75, 3.05) is 26.3 Å². The molecule has 0 aromatic heterocycles. The van der Waals surface area contributed by atoms with E-state index >= 15 is 0 Å². The Morgan fingerprint density at radius 3 is 2.49 bits per heavy atom. The summed E-state index contributed by atoms with van der Waals surface area (Å²) >= 11 is 0. The largest absolute Gasteiger partial charge is 0.446 e. The maximum atomic E-state index is 14.4. The molecular formula is C37H49N5O10S. The fourth-order valence-corrected chi connectivity index (χ4v) is 9.20. The number of carbonyl (C=O) groups excluding carboxylic acids is 5. The summed E-state index contributed by atoms with van der Waals surface area (Å²) in [5.41, 5.74) is 0.660. The average Bonchev–Trinajstić information content (AvgIpc) is 4.07. The molecule has 3 N–H and O–H groups in total. The average molecular weight is 756 g/mol. The standard InChI is InChI=1S/C37H49N5O10S/c43-32-31-20-28(52-36(47)41-17-14-24-8-6-7-9-25(24)22-41)23-42(31)33(44)30(38-35(46)51-27-15-18-50-19-16-27)11-5-3-1-2-4-10-26-21-37(26,39-32)34(45)40-53(48,49)29-12-13-29/h4,6-10,26-31H,1-3,5,11-23H2,(H,38,46)(H,39,43)(H,40,45)/t26-,28-,30+,31+,37-/m1/s1. The minimum absolute atomic E-state index is 0.0500. The molecule has 5 amide bonds. The predicted molar refractivity (Wildman–Crippen MR) is 189 cm³/mol. The van der Waals surface area contributed by atoms with Crippen LogP contribution in [0.3, 0.4) is 0 Å². The van der Waals surface area contributed by atoms with Crippen LogP contribution in [0.4, 0.5) is 9.59 Å². The zero-order valence-electron chi connectivity index (χ0n) is 29.8. The molecule has 2 aliphatic carbocycles. The van der Waals surface area contributed by atoms with Crippen LogP contribution in [0.25, 0.3) is 0 Å². The Bertz CT molecular complexity index is 1730. The second kappa shape index (κ2) is 15.7. The molecule has 0 bridgehead atoms. The van der Waals surface area contributed by atoms with Crippen molar-refractivity contribution in [3.63, 3.8) is 0 Å². The number of benzene rings is 1. The molecule has 0 unspecified atom stereocenters. The molecule has 4 aliphatic heterocycles. The maximum Gasteiger partial charge on any atom is 0.410 e. The van der Waals surface area contributed by atoms with E-state index in [-0.39, 0.29) is 25.5 Å². The summed E-state index contributed by atoms with van der Waals surface area (Å²) in [7, 11) is -3.90. The number of amides is 5. The smallest absolute Gasteiger partial charge is 0.410 e. The fourth-order valence-electron chi connectivity index (χ4n) is 7.84. The van der Waals surface area contributed by atoms with Crippen molar-refractivity contribution in [2.45, 2.75) is 119 Å². The van der Waals surface area contributed by atoms with Crippen molar-refractivity contribution in [1.29, 1.82) is 0 Å². The van der Waals surface area contributed by atoms with Crippen LogP contribution in [-0.2, 0) is 51.6 Å². The molecule has 1 aromatic rings. The number of rotatable bonds is 6. The lowest BCUT2D eigenvalue weighted by molar-refractivity contribution is -0.141. The molecule has 15 nitrogen and oxygen atoms in total. The highest BCUT2D eigenvalue weighted by atomic mass is 32.2. The molecule has 288 valence electrons. The van der Waals surface area contributed by atoms with E-state index in [4.69, 9.17) is 14.2 Å². The maximum absolute atomic E-state index is 14.4. The predicted octanol–water partition coefficient (Wildman–Crippen LogP) is 2.43. The summed E-state index contributed by atoms with van der Waals surface area (Å²) in [6.07, 6.45) is 7.21. The van der Waals surface area contributed by atoms with Crippen molar-refractivity contribution in [3.05, 3.63) is 47.5 Å². The molecule has 4 heterocycles. The number of fused-ring (bicyclic) bond motifs is 3. The number of hydrogen-bond donors (Lipinski definition) is 3. The first-order valence-electron chi connectivity index (χ1n) is 18.9. The van der Waals surface area contributed by atoms with Gasteiger partial charge in [-0.05, 0) is 56.1 Å². The number of allylic oxidation sites excluding steroid dienone is 1. The quantitative estimate of drug-likeness (QED) is 0.364. The Morgan fingerprint density at radius 1 is 0.943 bits per heavy atom. The van der Waals surface area contributed by atoms with Crippen LogP contribution in [0.5, 0.6) is 0 Å². The first-order chi connectivity index (χ1) is 25.5. The lowest BCUT2D eigenvalue weighted by Gasteiger charge is -2.30. The Morgan fingerprint density at radius 2 is 1.72 bits per heavy atom. The Hall–Kier alpha value is -4.18. The van der Waals surface area contributed by atoms with Gasteiger partial charge in [-0.3, -0.25) is 19.1 Å². The molecule has 2 saturated heterocycles. The minimum Gasteiger partial charge on any atom is -0.446 e. The summed E-state index contributed by atoms with van der Waals surface area (Å²) in [5, 5.41) is 4.95. The van der Waals surface area contributed by atoms with Gasteiger partial charge in [0.15, 0.2) is 0 Å². The van der Waals surface area contributed by atoms with Gasteiger partial charge in [0.1, 0.15) is 29.8 Å². The Labute approximate surface area is 309 Å². The number of sulfonamides is 1. The topological polar surface area (TPSA) is 190 Å². The number of carbonyl (C=O) groups is 5. The zero-order chi connectivity index (χ0) is 37.2. The van der Waals surface area contributed by atoms with Crippen LogP contribution in [-0.4, -0.2) is 110 Å². The van der Waals surface area contributed by atoms with Gasteiger partial charge in [0.25, 0.3) is 5.91 Å². The van der Waals surface area contributed by atoms with Crippen LogP contribution < -0.4 is 15.4 Å². The molecule has 2 saturated carbocycles. The van der Waals surface area contributed by atoms with E-state index < -0.39 is 74.8 Å². The number of ether oxygens (including phenoxy) is 3. The van der Waals surface area contributed by atoms with Gasteiger partial charge in [0.2, 0.25) is 21.8 Å². The van der Waals surface area contributed by atoms with Gasteiger partial charge in [0, 0.05) is 38.3 Å². The number of hydrogen-bond acceptors (Lipinski definition) is 10. The number of nitrogens with one attached hydrogen (secondary N) is 3. The highest BCUT2D eigenvalue weighted by Crippen LogP contribution is 2.46. The van der Waals surface area contributed by atoms with E-state index in [9.17, 15) is 32.4 Å². The van der Waals surface area contributed by atoms with E-state index in [1.54, 1.807) is 4.90 Å². The molecule has 4 fully saturated rings. The van der Waals surface area contributed by atoms with Crippen molar-refractivity contribution < 1.29 is 46.6 Å². The SMILES string of the molecule is O=C(N[C@H]1CCCCCC=C[C@@H]2C[C@@]2(C(=O)NS(=O)(=O)C2CC2)NC(=O)[C@@H]2C[C@@H](OC(=O)N3CCc4ccccc4C3)CN2C1=O)OC1CCOCC1. The Balaban J connectivity index is 1.12. The third-order valence-electron chi connectivity index (χ3n) is 11.2. The molecule has 1 aromatic carbocycles. The lowest BCUT2D eigenvalue weighted by Crippen LogP contribution is -2.58. The van der Waals surface area contributed by atoms with Gasteiger partial charge in [-0.15, -0.1) is 0 Å².